The molecule has 0 aliphatic rings. The Hall–Kier alpha value is -2.89. The summed E-state index contributed by atoms with van der Waals surface area (Å²) in [4.78, 5) is 29.9. The minimum absolute atomic E-state index is 0.349. The van der Waals surface area contributed by atoms with E-state index in [1.165, 1.54) is 6.20 Å². The Balaban J connectivity index is 2.17. The summed E-state index contributed by atoms with van der Waals surface area (Å²) in [5.41, 5.74) is 3.18. The highest BCUT2D eigenvalue weighted by Gasteiger charge is 2.20. The fraction of sp³-hybridized carbons (Fsp3) is 0.350. The summed E-state index contributed by atoms with van der Waals surface area (Å²) in [6, 6.07) is 8.77. The van der Waals surface area contributed by atoms with Crippen LogP contribution in [0.1, 0.15) is 36.5 Å². The second-order valence-electron chi connectivity index (χ2n) is 6.41. The molecule has 0 fully saturated rings. The van der Waals surface area contributed by atoms with Crippen molar-refractivity contribution >= 4 is 17.6 Å². The van der Waals surface area contributed by atoms with Crippen LogP contribution in [0.3, 0.4) is 0 Å². The highest BCUT2D eigenvalue weighted by molar-refractivity contribution is 5.97. The van der Waals surface area contributed by atoms with Crippen molar-refractivity contribution in [2.75, 3.05) is 19.0 Å². The van der Waals surface area contributed by atoms with E-state index in [-0.39, 0.29) is 0 Å². The number of carbonyl (C=O) groups is 2. The van der Waals surface area contributed by atoms with Crippen LogP contribution >= 0.6 is 0 Å². The molecule has 1 aromatic heterocycles. The lowest BCUT2D eigenvalue weighted by molar-refractivity contribution is -0.139. The monoisotopic (exact) mass is 355 g/mol. The molecule has 6 nitrogen and oxygen atoms in total. The number of hydrogen-bond acceptors (Lipinski definition) is 4. The van der Waals surface area contributed by atoms with Gasteiger partial charge >= 0.3 is 5.97 Å². The number of nitrogens with zero attached hydrogens (tertiary/aromatic N) is 2. The van der Waals surface area contributed by atoms with Gasteiger partial charge in [-0.2, -0.15) is 0 Å². The number of carboxylic acids is 1. The van der Waals surface area contributed by atoms with E-state index in [0.717, 1.165) is 29.7 Å². The van der Waals surface area contributed by atoms with Gasteiger partial charge in [0.2, 0.25) is 0 Å². The predicted molar refractivity (Wildman–Crippen MR) is 102 cm³/mol. The van der Waals surface area contributed by atoms with E-state index in [1.54, 1.807) is 12.3 Å². The number of hydrogen-bond donors (Lipinski definition) is 2. The smallest absolute Gasteiger partial charge is 0.326 e. The molecule has 0 saturated heterocycles. The Kier molecular flexibility index (Phi) is 6.72. The molecule has 0 saturated carbocycles. The topological polar surface area (TPSA) is 82.5 Å². The molecule has 1 atom stereocenters. The van der Waals surface area contributed by atoms with Gasteiger partial charge in [-0.25, -0.2) is 4.79 Å². The molecule has 0 bridgehead atoms. The number of amides is 1. The maximum Gasteiger partial charge on any atom is 0.326 e. The van der Waals surface area contributed by atoms with Gasteiger partial charge in [-0.05, 0) is 30.2 Å². The first kappa shape index (κ1) is 19.4. The molecule has 0 spiro atoms. The molecule has 0 aliphatic heterocycles. The van der Waals surface area contributed by atoms with E-state index in [4.69, 9.17) is 0 Å². The maximum absolute atomic E-state index is 12.4. The molecule has 0 unspecified atom stereocenters. The van der Waals surface area contributed by atoms with Crippen molar-refractivity contribution in [2.45, 2.75) is 32.2 Å². The van der Waals surface area contributed by atoms with Crippen LogP contribution in [0.2, 0.25) is 0 Å². The Morgan fingerprint density at radius 1 is 1.15 bits per heavy atom. The van der Waals surface area contributed by atoms with Crippen molar-refractivity contribution in [3.05, 3.63) is 48.3 Å². The van der Waals surface area contributed by atoms with E-state index in [0.29, 0.717) is 12.0 Å². The van der Waals surface area contributed by atoms with Crippen molar-refractivity contribution in [2.24, 2.45) is 0 Å². The average molecular weight is 355 g/mol. The number of rotatable bonds is 8. The van der Waals surface area contributed by atoms with Gasteiger partial charge in [0.15, 0.2) is 0 Å². The molecular formula is C20H25N3O3. The van der Waals surface area contributed by atoms with E-state index >= 15 is 0 Å². The first-order valence-corrected chi connectivity index (χ1v) is 8.69. The minimum atomic E-state index is -1.02. The number of aliphatic carboxylic acids is 1. The van der Waals surface area contributed by atoms with Gasteiger partial charge in [0.25, 0.3) is 5.91 Å². The maximum atomic E-state index is 12.4. The number of carbonyl (C=O) groups excluding carboxylic acids is 1. The van der Waals surface area contributed by atoms with Crippen LogP contribution in [0.25, 0.3) is 11.1 Å². The average Bonchev–Trinajstić information content (AvgIpc) is 2.64. The van der Waals surface area contributed by atoms with Crippen LogP contribution in [0, 0.1) is 0 Å². The lowest BCUT2D eigenvalue weighted by Crippen LogP contribution is -2.40. The first-order valence-electron chi connectivity index (χ1n) is 8.69. The zero-order chi connectivity index (χ0) is 19.1. The van der Waals surface area contributed by atoms with Crippen LogP contribution in [0.15, 0.2) is 42.7 Å². The van der Waals surface area contributed by atoms with Crippen molar-refractivity contribution < 1.29 is 14.7 Å². The molecular weight excluding hydrogens is 330 g/mol. The van der Waals surface area contributed by atoms with Crippen LogP contribution in [-0.2, 0) is 4.79 Å². The molecule has 1 amide bonds. The molecule has 2 N–H and O–H groups in total. The Bertz CT molecular complexity index is 757. The van der Waals surface area contributed by atoms with Crippen LogP contribution in [0.4, 0.5) is 5.69 Å². The second kappa shape index (κ2) is 8.99. The fourth-order valence-electron chi connectivity index (χ4n) is 2.58. The van der Waals surface area contributed by atoms with Crippen molar-refractivity contribution in [1.29, 1.82) is 0 Å². The molecule has 2 aromatic rings. The number of anilines is 1. The van der Waals surface area contributed by atoms with E-state index < -0.39 is 17.9 Å². The lowest BCUT2D eigenvalue weighted by Gasteiger charge is -2.15. The zero-order valence-electron chi connectivity index (χ0n) is 15.4. The molecule has 1 heterocycles. The Labute approximate surface area is 153 Å². The Morgan fingerprint density at radius 3 is 2.42 bits per heavy atom. The molecule has 26 heavy (non-hydrogen) atoms. The number of aromatic nitrogens is 1. The van der Waals surface area contributed by atoms with Gasteiger partial charge in [0, 0.05) is 37.7 Å². The molecule has 1 aromatic carbocycles. The molecule has 2 rings (SSSR count). The number of unbranched alkanes of at least 4 members (excludes halogenated alkanes) is 1. The second-order valence-corrected chi connectivity index (χ2v) is 6.41. The van der Waals surface area contributed by atoms with Crippen LogP contribution < -0.4 is 10.2 Å². The molecule has 0 radical (unpaired) electrons. The summed E-state index contributed by atoms with van der Waals surface area (Å²) in [6.07, 6.45) is 5.17. The SMILES string of the molecule is CCCC[C@H](NC(=O)c1cncc(-c2ccc(N(C)C)cc2)c1)C(=O)O. The predicted octanol–water partition coefficient (Wildman–Crippen LogP) is 3.19. The molecule has 6 heteroatoms. The van der Waals surface area contributed by atoms with Crippen LogP contribution in [0.5, 0.6) is 0 Å². The van der Waals surface area contributed by atoms with Gasteiger partial charge in [-0.15, -0.1) is 0 Å². The summed E-state index contributed by atoms with van der Waals surface area (Å²) in [6.45, 7) is 1.98. The van der Waals surface area contributed by atoms with E-state index in [9.17, 15) is 14.7 Å². The molecule has 0 aliphatic carbocycles. The number of nitrogens with one attached hydrogen (secondary N) is 1. The largest absolute Gasteiger partial charge is 0.480 e. The minimum Gasteiger partial charge on any atom is -0.480 e. The van der Waals surface area contributed by atoms with Gasteiger partial charge in [0.05, 0.1) is 5.56 Å². The Morgan fingerprint density at radius 2 is 1.85 bits per heavy atom. The highest BCUT2D eigenvalue weighted by atomic mass is 16.4. The quantitative estimate of drug-likeness (QED) is 0.760. The van der Waals surface area contributed by atoms with Crippen molar-refractivity contribution in [3.63, 3.8) is 0 Å². The first-order chi connectivity index (χ1) is 12.4. The van der Waals surface area contributed by atoms with E-state index in [1.807, 2.05) is 50.2 Å². The number of carboxylic acid groups (broad SMARTS) is 1. The number of pyridine rings is 1. The summed E-state index contributed by atoms with van der Waals surface area (Å²) in [5.74, 6) is -1.44. The summed E-state index contributed by atoms with van der Waals surface area (Å²) in [5, 5.41) is 11.8. The van der Waals surface area contributed by atoms with Crippen LogP contribution in [-0.4, -0.2) is 42.1 Å². The van der Waals surface area contributed by atoms with Gasteiger partial charge in [-0.1, -0.05) is 31.9 Å². The van der Waals surface area contributed by atoms with Crippen molar-refractivity contribution in [3.8, 4) is 11.1 Å². The zero-order valence-corrected chi connectivity index (χ0v) is 15.4. The van der Waals surface area contributed by atoms with Gasteiger partial charge < -0.3 is 15.3 Å². The standard InChI is InChI=1S/C20H25N3O3/c1-4-5-6-18(20(25)26)22-19(24)16-11-15(12-21-13-16)14-7-9-17(10-8-14)23(2)3/h7-13,18H,4-6H2,1-3H3,(H,22,24)(H,25,26)/t18-/m0/s1. The third kappa shape index (κ3) is 5.05. The summed E-state index contributed by atoms with van der Waals surface area (Å²) < 4.78 is 0. The third-order valence-electron chi connectivity index (χ3n) is 4.17. The highest BCUT2D eigenvalue weighted by Crippen LogP contribution is 2.22. The lowest BCUT2D eigenvalue weighted by atomic mass is 10.0. The van der Waals surface area contributed by atoms with Gasteiger partial charge in [-0.3, -0.25) is 9.78 Å². The normalized spacial score (nSPS) is 11.7. The van der Waals surface area contributed by atoms with Gasteiger partial charge in [0.1, 0.15) is 6.04 Å². The number of benzene rings is 1. The summed E-state index contributed by atoms with van der Waals surface area (Å²) in [7, 11) is 3.94. The third-order valence-corrected chi connectivity index (χ3v) is 4.17. The van der Waals surface area contributed by atoms with E-state index in [2.05, 4.69) is 10.3 Å². The van der Waals surface area contributed by atoms with Crippen molar-refractivity contribution in [1.82, 2.24) is 10.3 Å². The fourth-order valence-corrected chi connectivity index (χ4v) is 2.58. The summed E-state index contributed by atoms with van der Waals surface area (Å²) >= 11 is 0. The molecule has 138 valence electrons.